The van der Waals surface area contributed by atoms with Gasteiger partial charge >= 0.3 is 0 Å². The van der Waals surface area contributed by atoms with Crippen molar-refractivity contribution in [1.82, 2.24) is 25.1 Å². The lowest BCUT2D eigenvalue weighted by molar-refractivity contribution is 0.565. The zero-order valence-corrected chi connectivity index (χ0v) is 9.86. The molecule has 16 heavy (non-hydrogen) atoms. The molecule has 0 spiro atoms. The van der Waals surface area contributed by atoms with Crippen LogP contribution in [0.1, 0.15) is 29.9 Å². The topological polar surface area (TPSA) is 58.5 Å². The third kappa shape index (κ3) is 2.14. The zero-order chi connectivity index (χ0) is 11.5. The van der Waals surface area contributed by atoms with Gasteiger partial charge in [0.05, 0.1) is 12.5 Å². The molecule has 0 fully saturated rings. The predicted molar refractivity (Wildman–Crippen MR) is 61.8 cm³/mol. The highest BCUT2D eigenvalue weighted by Gasteiger charge is 2.11. The fourth-order valence-electron chi connectivity index (χ4n) is 1.70. The summed E-state index contributed by atoms with van der Waals surface area (Å²) in [6, 6.07) is 0.289. The average molecular weight is 219 g/mol. The molecular formula is C11H17N5. The van der Waals surface area contributed by atoms with Gasteiger partial charge in [-0.15, -0.1) is 0 Å². The highest BCUT2D eigenvalue weighted by atomic mass is 15.3. The fraction of sp³-hybridized carbons (Fsp3) is 0.455. The van der Waals surface area contributed by atoms with Crippen molar-refractivity contribution in [2.75, 3.05) is 0 Å². The molecule has 5 heteroatoms. The minimum absolute atomic E-state index is 0.289. The van der Waals surface area contributed by atoms with E-state index in [0.717, 1.165) is 12.2 Å². The van der Waals surface area contributed by atoms with Crippen LogP contribution < -0.4 is 5.32 Å². The first-order valence-electron chi connectivity index (χ1n) is 5.37. The van der Waals surface area contributed by atoms with Gasteiger partial charge in [-0.25, -0.2) is 4.98 Å². The lowest BCUT2D eigenvalue weighted by Gasteiger charge is -2.12. The van der Waals surface area contributed by atoms with E-state index in [1.165, 1.54) is 11.3 Å². The molecule has 5 nitrogen and oxygen atoms in total. The van der Waals surface area contributed by atoms with Crippen LogP contribution in [-0.2, 0) is 13.6 Å². The van der Waals surface area contributed by atoms with Gasteiger partial charge in [0.2, 0.25) is 0 Å². The Labute approximate surface area is 94.9 Å². The average Bonchev–Trinajstić information content (AvgIpc) is 2.88. The summed E-state index contributed by atoms with van der Waals surface area (Å²) in [5, 5.41) is 7.67. The summed E-state index contributed by atoms with van der Waals surface area (Å²) < 4.78 is 1.89. The van der Waals surface area contributed by atoms with E-state index < -0.39 is 0 Å². The number of aryl methyl sites for hydroxylation is 1. The number of nitrogens with zero attached hydrogens (tertiary/aromatic N) is 3. The first-order chi connectivity index (χ1) is 7.68. The standard InChI is InChI=1S/C11H17N5/c1-8(11-6-15-16(3)9(11)2)13-5-10-4-12-7-14-10/h4,6-8,13H,5H2,1-3H3,(H,12,14). The quantitative estimate of drug-likeness (QED) is 0.815. The van der Waals surface area contributed by atoms with Crippen molar-refractivity contribution in [3.8, 4) is 0 Å². The van der Waals surface area contributed by atoms with Crippen LogP contribution in [0.25, 0.3) is 0 Å². The minimum Gasteiger partial charge on any atom is -0.347 e. The van der Waals surface area contributed by atoms with Crippen molar-refractivity contribution in [1.29, 1.82) is 0 Å². The van der Waals surface area contributed by atoms with Crippen LogP contribution in [0.15, 0.2) is 18.7 Å². The monoisotopic (exact) mass is 219 g/mol. The second-order valence-electron chi connectivity index (χ2n) is 3.99. The summed E-state index contributed by atoms with van der Waals surface area (Å²) in [7, 11) is 1.96. The molecule has 2 aromatic heterocycles. The van der Waals surface area contributed by atoms with E-state index in [4.69, 9.17) is 0 Å². The van der Waals surface area contributed by atoms with Crippen molar-refractivity contribution in [3.05, 3.63) is 35.7 Å². The molecule has 0 radical (unpaired) electrons. The highest BCUT2D eigenvalue weighted by Crippen LogP contribution is 2.16. The Hall–Kier alpha value is -1.62. The van der Waals surface area contributed by atoms with Crippen LogP contribution in [0.2, 0.25) is 0 Å². The van der Waals surface area contributed by atoms with Crippen LogP contribution in [0.4, 0.5) is 0 Å². The van der Waals surface area contributed by atoms with Gasteiger partial charge < -0.3 is 10.3 Å². The molecule has 0 bridgehead atoms. The number of aromatic nitrogens is 4. The minimum atomic E-state index is 0.289. The van der Waals surface area contributed by atoms with E-state index in [1.807, 2.05) is 24.1 Å². The van der Waals surface area contributed by atoms with E-state index >= 15 is 0 Å². The van der Waals surface area contributed by atoms with Crippen molar-refractivity contribution in [2.45, 2.75) is 26.4 Å². The second-order valence-corrected chi connectivity index (χ2v) is 3.99. The molecule has 1 unspecified atom stereocenters. The molecule has 0 saturated carbocycles. The molecule has 86 valence electrons. The van der Waals surface area contributed by atoms with Gasteiger partial charge in [0.15, 0.2) is 0 Å². The second kappa shape index (κ2) is 4.49. The maximum absolute atomic E-state index is 4.24. The lowest BCUT2D eigenvalue weighted by Crippen LogP contribution is -2.18. The van der Waals surface area contributed by atoms with Crippen LogP contribution in [0.3, 0.4) is 0 Å². The Kier molecular flexibility index (Phi) is 3.05. The maximum Gasteiger partial charge on any atom is 0.0922 e. The van der Waals surface area contributed by atoms with Gasteiger partial charge in [0.1, 0.15) is 0 Å². The molecule has 0 aliphatic heterocycles. The Balaban J connectivity index is 1.98. The van der Waals surface area contributed by atoms with E-state index in [1.54, 1.807) is 6.33 Å². The van der Waals surface area contributed by atoms with Crippen molar-refractivity contribution < 1.29 is 0 Å². The first kappa shape index (κ1) is 10.9. The van der Waals surface area contributed by atoms with E-state index in [-0.39, 0.29) is 6.04 Å². The van der Waals surface area contributed by atoms with Crippen molar-refractivity contribution in [3.63, 3.8) is 0 Å². The van der Waals surface area contributed by atoms with Gasteiger partial charge in [-0.1, -0.05) is 0 Å². The van der Waals surface area contributed by atoms with Gasteiger partial charge in [0.25, 0.3) is 0 Å². The third-order valence-electron chi connectivity index (χ3n) is 2.89. The van der Waals surface area contributed by atoms with Crippen molar-refractivity contribution >= 4 is 0 Å². The van der Waals surface area contributed by atoms with Crippen LogP contribution in [0, 0.1) is 6.92 Å². The van der Waals surface area contributed by atoms with Crippen LogP contribution in [-0.4, -0.2) is 19.7 Å². The number of imidazole rings is 1. The molecule has 0 saturated heterocycles. The molecule has 2 rings (SSSR count). The number of nitrogens with one attached hydrogen (secondary N) is 2. The fourth-order valence-corrected chi connectivity index (χ4v) is 1.70. The molecule has 2 heterocycles. The largest absolute Gasteiger partial charge is 0.347 e. The summed E-state index contributed by atoms with van der Waals surface area (Å²) in [5.41, 5.74) is 3.53. The number of H-pyrrole nitrogens is 1. The molecule has 0 aliphatic rings. The first-order valence-corrected chi connectivity index (χ1v) is 5.37. The number of aromatic amines is 1. The Morgan fingerprint density at radius 3 is 2.88 bits per heavy atom. The van der Waals surface area contributed by atoms with Gasteiger partial charge in [-0.05, 0) is 13.8 Å². The highest BCUT2D eigenvalue weighted by molar-refractivity contribution is 5.19. The molecule has 2 N–H and O–H groups in total. The molecule has 2 aromatic rings. The zero-order valence-electron chi connectivity index (χ0n) is 9.86. The predicted octanol–water partition coefficient (Wildman–Crippen LogP) is 1.30. The van der Waals surface area contributed by atoms with Gasteiger partial charge in [-0.3, -0.25) is 4.68 Å². The van der Waals surface area contributed by atoms with Gasteiger partial charge in [-0.2, -0.15) is 5.10 Å². The number of hydrogen-bond donors (Lipinski definition) is 2. The molecule has 0 aromatic carbocycles. The van der Waals surface area contributed by atoms with Crippen LogP contribution >= 0.6 is 0 Å². The van der Waals surface area contributed by atoms with E-state index in [9.17, 15) is 0 Å². The summed E-state index contributed by atoms with van der Waals surface area (Å²) in [4.78, 5) is 7.05. The summed E-state index contributed by atoms with van der Waals surface area (Å²) in [6.07, 6.45) is 5.44. The molecule has 1 atom stereocenters. The normalized spacial score (nSPS) is 12.9. The SMILES string of the molecule is Cc1c(C(C)NCc2cnc[nH]2)cnn1C. The Bertz CT molecular complexity index is 443. The van der Waals surface area contributed by atoms with Crippen LogP contribution in [0.5, 0.6) is 0 Å². The summed E-state index contributed by atoms with van der Waals surface area (Å²) in [6.45, 7) is 5.01. The molecule has 0 aliphatic carbocycles. The van der Waals surface area contributed by atoms with E-state index in [0.29, 0.717) is 0 Å². The lowest BCUT2D eigenvalue weighted by atomic mass is 10.1. The summed E-state index contributed by atoms with van der Waals surface area (Å²) in [5.74, 6) is 0. The molecule has 0 amide bonds. The summed E-state index contributed by atoms with van der Waals surface area (Å²) >= 11 is 0. The number of hydrogen-bond acceptors (Lipinski definition) is 3. The third-order valence-corrected chi connectivity index (χ3v) is 2.89. The smallest absolute Gasteiger partial charge is 0.0922 e. The van der Waals surface area contributed by atoms with Gasteiger partial charge in [0, 0.05) is 42.8 Å². The molecular weight excluding hydrogens is 202 g/mol. The Morgan fingerprint density at radius 1 is 1.50 bits per heavy atom. The van der Waals surface area contributed by atoms with Crippen molar-refractivity contribution in [2.24, 2.45) is 7.05 Å². The Morgan fingerprint density at radius 2 is 2.31 bits per heavy atom. The number of rotatable bonds is 4. The van der Waals surface area contributed by atoms with E-state index in [2.05, 4.69) is 34.2 Å². The maximum atomic E-state index is 4.24.